The van der Waals surface area contributed by atoms with Gasteiger partial charge in [0.25, 0.3) is 0 Å². The van der Waals surface area contributed by atoms with Gasteiger partial charge in [-0.25, -0.2) is 0 Å². The summed E-state index contributed by atoms with van der Waals surface area (Å²) in [5.74, 6) is 1.61. The van der Waals surface area contributed by atoms with Crippen LogP contribution in [0.4, 0.5) is 0 Å². The maximum atomic E-state index is 6.09. The first kappa shape index (κ1) is 19.1. The molecule has 1 fully saturated rings. The number of nitrogens with one attached hydrogen (secondary N) is 2. The van der Waals surface area contributed by atoms with Gasteiger partial charge in [0.05, 0.1) is 0 Å². The van der Waals surface area contributed by atoms with Crippen LogP contribution >= 0.6 is 11.6 Å². The first-order valence-electron chi connectivity index (χ1n) is 8.75. The second-order valence-corrected chi connectivity index (χ2v) is 8.13. The van der Waals surface area contributed by atoms with Gasteiger partial charge in [0.2, 0.25) is 0 Å². The molecule has 0 aromatic heterocycles. The van der Waals surface area contributed by atoms with Crippen LogP contribution in [-0.4, -0.2) is 51.1 Å². The van der Waals surface area contributed by atoms with Crippen molar-refractivity contribution in [3.8, 4) is 0 Å². The number of aliphatic imine (C=N–C) groups is 1. The number of rotatable bonds is 6. The second-order valence-electron chi connectivity index (χ2n) is 7.69. The summed E-state index contributed by atoms with van der Waals surface area (Å²) in [6.45, 7) is 8.75. The van der Waals surface area contributed by atoms with Crippen LogP contribution in [-0.2, 0) is 6.42 Å². The Morgan fingerprint density at radius 2 is 2.17 bits per heavy atom. The van der Waals surface area contributed by atoms with Crippen LogP contribution in [0.1, 0.15) is 25.8 Å². The van der Waals surface area contributed by atoms with Gasteiger partial charge in [0.1, 0.15) is 0 Å². The van der Waals surface area contributed by atoms with Crippen LogP contribution in [0.3, 0.4) is 0 Å². The molecule has 2 N–H and O–H groups in total. The van der Waals surface area contributed by atoms with Crippen molar-refractivity contribution in [3.63, 3.8) is 0 Å². The van der Waals surface area contributed by atoms with Crippen LogP contribution in [0.25, 0.3) is 0 Å². The highest BCUT2D eigenvalue weighted by molar-refractivity contribution is 6.30. The zero-order valence-corrected chi connectivity index (χ0v) is 16.2. The van der Waals surface area contributed by atoms with Crippen molar-refractivity contribution in [1.82, 2.24) is 15.5 Å². The van der Waals surface area contributed by atoms with Gasteiger partial charge in [-0.1, -0.05) is 37.6 Å². The lowest BCUT2D eigenvalue weighted by molar-refractivity contribution is 0.358. The quantitative estimate of drug-likeness (QED) is 0.612. The summed E-state index contributed by atoms with van der Waals surface area (Å²) in [6, 6.07) is 8.12. The van der Waals surface area contributed by atoms with Crippen molar-refractivity contribution in [2.24, 2.45) is 16.3 Å². The largest absolute Gasteiger partial charge is 0.356 e. The lowest BCUT2D eigenvalue weighted by Crippen LogP contribution is -2.44. The van der Waals surface area contributed by atoms with E-state index in [1.807, 2.05) is 25.2 Å². The van der Waals surface area contributed by atoms with E-state index in [1.165, 1.54) is 25.1 Å². The third kappa shape index (κ3) is 6.33. The molecule has 4 nitrogen and oxygen atoms in total. The van der Waals surface area contributed by atoms with E-state index >= 15 is 0 Å². The Labute approximate surface area is 151 Å². The molecule has 1 heterocycles. The third-order valence-corrected chi connectivity index (χ3v) is 4.81. The van der Waals surface area contributed by atoms with E-state index in [2.05, 4.69) is 47.5 Å². The Hall–Kier alpha value is -1.26. The van der Waals surface area contributed by atoms with Crippen molar-refractivity contribution in [3.05, 3.63) is 34.9 Å². The fourth-order valence-electron chi connectivity index (χ4n) is 3.24. The number of nitrogens with zero attached hydrogens (tertiary/aromatic N) is 2. The van der Waals surface area contributed by atoms with E-state index in [0.717, 1.165) is 30.5 Å². The molecule has 0 bridgehead atoms. The Balaban J connectivity index is 1.78. The normalized spacial score (nSPS) is 19.5. The molecule has 2 rings (SSSR count). The average Bonchev–Trinajstić information content (AvgIpc) is 2.92. The van der Waals surface area contributed by atoms with Crippen molar-refractivity contribution in [2.75, 3.05) is 40.3 Å². The highest BCUT2D eigenvalue weighted by atomic mass is 35.5. The smallest absolute Gasteiger partial charge is 0.191 e. The minimum Gasteiger partial charge on any atom is -0.356 e. The van der Waals surface area contributed by atoms with E-state index in [1.54, 1.807) is 0 Å². The predicted molar refractivity (Wildman–Crippen MR) is 104 cm³/mol. The number of benzene rings is 1. The monoisotopic (exact) mass is 350 g/mol. The van der Waals surface area contributed by atoms with Crippen molar-refractivity contribution >= 4 is 17.6 Å². The Morgan fingerprint density at radius 3 is 2.79 bits per heavy atom. The SMILES string of the molecule is CN=C(NCC1CCN(C)C1)NCC(C)(C)Cc1cccc(Cl)c1. The van der Waals surface area contributed by atoms with E-state index < -0.39 is 0 Å². The summed E-state index contributed by atoms with van der Waals surface area (Å²) in [5, 5.41) is 7.74. The predicted octanol–water partition coefficient (Wildman–Crippen LogP) is 3.03. The van der Waals surface area contributed by atoms with Gasteiger partial charge in [-0.2, -0.15) is 0 Å². The summed E-state index contributed by atoms with van der Waals surface area (Å²) >= 11 is 6.09. The molecular weight excluding hydrogens is 320 g/mol. The molecule has 1 unspecified atom stereocenters. The molecule has 134 valence electrons. The summed E-state index contributed by atoms with van der Waals surface area (Å²) < 4.78 is 0. The van der Waals surface area contributed by atoms with Gasteiger partial charge in [-0.05, 0) is 55.5 Å². The summed E-state index contributed by atoms with van der Waals surface area (Å²) in [6.07, 6.45) is 2.24. The zero-order valence-electron chi connectivity index (χ0n) is 15.4. The van der Waals surface area contributed by atoms with Crippen LogP contribution < -0.4 is 10.6 Å². The maximum Gasteiger partial charge on any atom is 0.191 e. The Morgan fingerprint density at radius 1 is 1.38 bits per heavy atom. The van der Waals surface area contributed by atoms with Gasteiger partial charge in [-0.15, -0.1) is 0 Å². The molecule has 1 saturated heterocycles. The van der Waals surface area contributed by atoms with E-state index in [-0.39, 0.29) is 5.41 Å². The molecule has 5 heteroatoms. The highest BCUT2D eigenvalue weighted by Crippen LogP contribution is 2.22. The molecule has 0 radical (unpaired) electrons. The third-order valence-electron chi connectivity index (χ3n) is 4.58. The number of hydrogen-bond donors (Lipinski definition) is 2. The minimum absolute atomic E-state index is 0.121. The van der Waals surface area contributed by atoms with Gasteiger partial charge in [-0.3, -0.25) is 4.99 Å². The van der Waals surface area contributed by atoms with Gasteiger partial charge in [0, 0.05) is 31.7 Å². The molecule has 0 aliphatic carbocycles. The lowest BCUT2D eigenvalue weighted by Gasteiger charge is -2.26. The summed E-state index contributed by atoms with van der Waals surface area (Å²) in [4.78, 5) is 6.74. The molecule has 1 atom stereocenters. The summed E-state index contributed by atoms with van der Waals surface area (Å²) in [7, 11) is 4.02. The van der Waals surface area contributed by atoms with Crippen LogP contribution in [0.2, 0.25) is 5.02 Å². The molecular formula is C19H31ClN4. The fourth-order valence-corrected chi connectivity index (χ4v) is 3.45. The standard InChI is InChI=1S/C19H31ClN4/c1-19(2,11-15-6-5-7-17(20)10-15)14-23-18(21-3)22-12-16-8-9-24(4)13-16/h5-7,10,16H,8-9,11-14H2,1-4H3,(H2,21,22,23). The fraction of sp³-hybridized carbons (Fsp3) is 0.632. The number of hydrogen-bond acceptors (Lipinski definition) is 2. The average molecular weight is 351 g/mol. The van der Waals surface area contributed by atoms with Gasteiger partial charge < -0.3 is 15.5 Å². The van der Waals surface area contributed by atoms with Crippen molar-refractivity contribution in [1.29, 1.82) is 0 Å². The molecule has 0 saturated carbocycles. The number of halogens is 1. The molecule has 1 aliphatic heterocycles. The zero-order chi connectivity index (χ0) is 17.6. The molecule has 0 spiro atoms. The van der Waals surface area contributed by atoms with Crippen LogP contribution in [0, 0.1) is 11.3 Å². The molecule has 24 heavy (non-hydrogen) atoms. The molecule has 1 aromatic carbocycles. The first-order valence-corrected chi connectivity index (χ1v) is 9.13. The van der Waals surface area contributed by atoms with Gasteiger partial charge in [0.15, 0.2) is 5.96 Å². The second kappa shape index (κ2) is 8.72. The van der Waals surface area contributed by atoms with E-state index in [0.29, 0.717) is 5.92 Å². The molecule has 1 aromatic rings. The number of likely N-dealkylation sites (tertiary alicyclic amines) is 1. The van der Waals surface area contributed by atoms with Crippen molar-refractivity contribution in [2.45, 2.75) is 26.7 Å². The number of guanidine groups is 1. The minimum atomic E-state index is 0.121. The summed E-state index contributed by atoms with van der Waals surface area (Å²) in [5.41, 5.74) is 1.39. The first-order chi connectivity index (χ1) is 11.4. The Kier molecular flexibility index (Phi) is 6.93. The van der Waals surface area contributed by atoms with E-state index in [9.17, 15) is 0 Å². The van der Waals surface area contributed by atoms with Gasteiger partial charge >= 0.3 is 0 Å². The van der Waals surface area contributed by atoms with Crippen LogP contribution in [0.5, 0.6) is 0 Å². The lowest BCUT2D eigenvalue weighted by atomic mass is 9.86. The topological polar surface area (TPSA) is 39.7 Å². The molecule has 0 amide bonds. The maximum absolute atomic E-state index is 6.09. The Bertz CT molecular complexity index is 556. The van der Waals surface area contributed by atoms with Crippen molar-refractivity contribution < 1.29 is 0 Å². The molecule has 1 aliphatic rings. The van der Waals surface area contributed by atoms with Crippen LogP contribution in [0.15, 0.2) is 29.3 Å². The van der Waals surface area contributed by atoms with E-state index in [4.69, 9.17) is 11.6 Å². The highest BCUT2D eigenvalue weighted by Gasteiger charge is 2.21.